The van der Waals surface area contributed by atoms with Crippen LogP contribution in [-0.4, -0.2) is 22.0 Å². The van der Waals surface area contributed by atoms with Gasteiger partial charge in [0.25, 0.3) is 5.91 Å². The number of pyridine rings is 1. The topological polar surface area (TPSA) is 101 Å². The van der Waals surface area contributed by atoms with Gasteiger partial charge < -0.3 is 20.5 Å². The Hall–Kier alpha value is -4.65. The van der Waals surface area contributed by atoms with E-state index in [4.69, 9.17) is 9.84 Å². The maximum atomic E-state index is 12.5. The maximum Gasteiger partial charge on any atom is 0.335 e. The number of fused-ring (bicyclic) bond motifs is 3. The van der Waals surface area contributed by atoms with Crippen LogP contribution in [0.15, 0.2) is 85.2 Å². The highest BCUT2D eigenvalue weighted by Crippen LogP contribution is 2.37. The van der Waals surface area contributed by atoms with Crippen molar-refractivity contribution in [2.24, 2.45) is 0 Å². The van der Waals surface area contributed by atoms with Gasteiger partial charge in [0.1, 0.15) is 11.5 Å². The molecule has 7 heteroatoms. The van der Waals surface area contributed by atoms with Gasteiger partial charge in [-0.2, -0.15) is 0 Å². The summed E-state index contributed by atoms with van der Waals surface area (Å²) in [7, 11) is 0. The van der Waals surface area contributed by atoms with Crippen LogP contribution in [-0.2, 0) is 4.79 Å². The molecule has 0 unspecified atom stereocenters. The van der Waals surface area contributed by atoms with Gasteiger partial charge in [-0.05, 0) is 60.7 Å². The highest BCUT2D eigenvalue weighted by Gasteiger charge is 2.26. The highest BCUT2D eigenvalue weighted by molar-refractivity contribution is 6.34. The second kappa shape index (κ2) is 7.88. The third-order valence-corrected chi connectivity index (χ3v) is 5.10. The van der Waals surface area contributed by atoms with Crippen LogP contribution >= 0.6 is 0 Å². The van der Waals surface area contributed by atoms with E-state index in [2.05, 4.69) is 15.6 Å². The summed E-state index contributed by atoms with van der Waals surface area (Å²) in [4.78, 5) is 28.0. The summed E-state index contributed by atoms with van der Waals surface area (Å²) in [5.41, 5.74) is 3.86. The van der Waals surface area contributed by atoms with Crippen molar-refractivity contribution in [3.8, 4) is 11.5 Å². The Labute approximate surface area is 183 Å². The standard InChI is InChI=1S/C25H17N3O4/c29-24-20(23-19-5-2-12-26-21(19)10-11-22(23)28-24)14-27-16-6-8-17(9-7-16)32-18-4-1-3-15(13-18)25(30)31/h1-14,27H,(H,28,29)(H,30,31)/b20-14-. The number of aromatic carboxylic acids is 1. The zero-order chi connectivity index (χ0) is 22.1. The maximum absolute atomic E-state index is 12.5. The van der Waals surface area contributed by atoms with Crippen LogP contribution in [0.5, 0.6) is 11.5 Å². The molecule has 0 atom stereocenters. The Morgan fingerprint density at radius 2 is 1.84 bits per heavy atom. The van der Waals surface area contributed by atoms with Gasteiger partial charge in [0.15, 0.2) is 0 Å². The van der Waals surface area contributed by atoms with Gasteiger partial charge >= 0.3 is 5.97 Å². The minimum Gasteiger partial charge on any atom is -0.478 e. The van der Waals surface area contributed by atoms with Crippen LogP contribution in [0.4, 0.5) is 11.4 Å². The molecule has 5 rings (SSSR count). The van der Waals surface area contributed by atoms with Crippen LogP contribution in [0.3, 0.4) is 0 Å². The lowest BCUT2D eigenvalue weighted by atomic mass is 10.0. The predicted molar refractivity (Wildman–Crippen MR) is 122 cm³/mol. The molecule has 0 bridgehead atoms. The van der Waals surface area contributed by atoms with E-state index in [-0.39, 0.29) is 11.5 Å². The fourth-order valence-corrected chi connectivity index (χ4v) is 3.59. The number of hydrogen-bond donors (Lipinski definition) is 3. The van der Waals surface area contributed by atoms with E-state index < -0.39 is 5.97 Å². The van der Waals surface area contributed by atoms with Crippen molar-refractivity contribution in [3.63, 3.8) is 0 Å². The fourth-order valence-electron chi connectivity index (χ4n) is 3.59. The minimum atomic E-state index is -1.01. The summed E-state index contributed by atoms with van der Waals surface area (Å²) in [6, 6.07) is 21.0. The molecular formula is C25H17N3O4. The molecule has 0 fully saturated rings. The largest absolute Gasteiger partial charge is 0.478 e. The second-order valence-corrected chi connectivity index (χ2v) is 7.17. The fraction of sp³-hybridized carbons (Fsp3) is 0. The van der Waals surface area contributed by atoms with Crippen molar-refractivity contribution < 1.29 is 19.4 Å². The van der Waals surface area contributed by atoms with E-state index in [1.54, 1.807) is 36.7 Å². The smallest absolute Gasteiger partial charge is 0.335 e. The summed E-state index contributed by atoms with van der Waals surface area (Å²) in [5, 5.41) is 16.1. The zero-order valence-corrected chi connectivity index (χ0v) is 16.7. The molecule has 156 valence electrons. The number of benzene rings is 3. The first-order chi connectivity index (χ1) is 15.6. The lowest BCUT2D eigenvalue weighted by molar-refractivity contribution is -0.110. The molecule has 0 aliphatic carbocycles. The Morgan fingerprint density at radius 3 is 2.66 bits per heavy atom. The number of nitrogens with one attached hydrogen (secondary N) is 2. The molecule has 0 saturated heterocycles. The van der Waals surface area contributed by atoms with Crippen molar-refractivity contribution in [2.75, 3.05) is 10.6 Å². The van der Waals surface area contributed by atoms with Gasteiger partial charge in [-0.3, -0.25) is 9.78 Å². The second-order valence-electron chi connectivity index (χ2n) is 7.17. The van der Waals surface area contributed by atoms with Crippen molar-refractivity contribution in [3.05, 3.63) is 96.3 Å². The first-order valence-electron chi connectivity index (χ1n) is 9.86. The Kier molecular flexibility index (Phi) is 4.76. The van der Waals surface area contributed by atoms with Gasteiger partial charge in [-0.1, -0.05) is 12.1 Å². The van der Waals surface area contributed by atoms with Gasteiger partial charge in [-0.25, -0.2) is 4.79 Å². The van der Waals surface area contributed by atoms with E-state index in [1.165, 1.54) is 12.1 Å². The van der Waals surface area contributed by atoms with E-state index >= 15 is 0 Å². The third kappa shape index (κ3) is 3.63. The van der Waals surface area contributed by atoms with Gasteiger partial charge in [0.2, 0.25) is 0 Å². The van der Waals surface area contributed by atoms with Crippen molar-refractivity contribution >= 4 is 39.7 Å². The Morgan fingerprint density at radius 1 is 1.00 bits per heavy atom. The first kappa shape index (κ1) is 19.3. The molecule has 3 N–H and O–H groups in total. The molecule has 32 heavy (non-hydrogen) atoms. The van der Waals surface area contributed by atoms with E-state index in [0.717, 1.165) is 27.8 Å². The van der Waals surface area contributed by atoms with Crippen molar-refractivity contribution in [1.29, 1.82) is 0 Å². The Bertz CT molecular complexity index is 1390. The SMILES string of the molecule is O=C1Nc2ccc3ncccc3c2/C1=C/Nc1ccc(Oc2cccc(C(=O)O)c2)cc1. The molecule has 7 nitrogen and oxygen atoms in total. The lowest BCUT2D eigenvalue weighted by Crippen LogP contribution is -2.05. The molecule has 1 aliphatic heterocycles. The summed E-state index contributed by atoms with van der Waals surface area (Å²) in [5.74, 6) is -0.189. The van der Waals surface area contributed by atoms with E-state index in [1.807, 2.05) is 36.4 Å². The summed E-state index contributed by atoms with van der Waals surface area (Å²) >= 11 is 0. The Balaban J connectivity index is 1.36. The highest BCUT2D eigenvalue weighted by atomic mass is 16.5. The number of hydrogen-bond acceptors (Lipinski definition) is 5. The minimum absolute atomic E-state index is 0.158. The molecule has 0 saturated carbocycles. The number of rotatable bonds is 5. The number of nitrogens with zero attached hydrogens (tertiary/aromatic N) is 1. The van der Waals surface area contributed by atoms with Crippen LogP contribution in [0.25, 0.3) is 16.5 Å². The number of carboxylic acids is 1. The third-order valence-electron chi connectivity index (χ3n) is 5.10. The molecular weight excluding hydrogens is 406 g/mol. The van der Waals surface area contributed by atoms with Crippen molar-refractivity contribution in [1.82, 2.24) is 4.98 Å². The predicted octanol–water partition coefficient (Wildman–Crippen LogP) is 5.13. The van der Waals surface area contributed by atoms with Crippen LogP contribution in [0, 0.1) is 0 Å². The van der Waals surface area contributed by atoms with E-state index in [9.17, 15) is 9.59 Å². The molecule has 4 aromatic rings. The van der Waals surface area contributed by atoms with Crippen molar-refractivity contribution in [2.45, 2.75) is 0 Å². The molecule has 1 amide bonds. The average Bonchev–Trinajstić information content (AvgIpc) is 3.14. The summed E-state index contributed by atoms with van der Waals surface area (Å²) < 4.78 is 5.74. The molecule has 0 radical (unpaired) electrons. The number of amides is 1. The zero-order valence-electron chi connectivity index (χ0n) is 16.7. The monoisotopic (exact) mass is 423 g/mol. The first-order valence-corrected chi connectivity index (χ1v) is 9.86. The van der Waals surface area contributed by atoms with Gasteiger partial charge in [-0.15, -0.1) is 0 Å². The number of anilines is 2. The van der Waals surface area contributed by atoms with Gasteiger partial charge in [0, 0.05) is 34.7 Å². The van der Waals surface area contributed by atoms with Crippen LogP contribution < -0.4 is 15.4 Å². The molecule has 2 heterocycles. The number of aromatic nitrogens is 1. The molecule has 1 aliphatic rings. The van der Waals surface area contributed by atoms with Crippen LogP contribution in [0.1, 0.15) is 15.9 Å². The quantitative estimate of drug-likeness (QED) is 0.385. The average molecular weight is 423 g/mol. The summed E-state index contributed by atoms with van der Waals surface area (Å²) in [6.45, 7) is 0. The number of carbonyl (C=O) groups excluding carboxylic acids is 1. The summed E-state index contributed by atoms with van der Waals surface area (Å²) in [6.07, 6.45) is 3.40. The number of carboxylic acid groups (broad SMARTS) is 1. The van der Waals surface area contributed by atoms with Gasteiger partial charge in [0.05, 0.1) is 16.7 Å². The number of ether oxygens (including phenoxy) is 1. The lowest BCUT2D eigenvalue weighted by Gasteiger charge is -2.08. The molecule has 1 aromatic heterocycles. The molecule has 3 aromatic carbocycles. The van der Waals surface area contributed by atoms with E-state index in [0.29, 0.717) is 17.1 Å². The van der Waals surface area contributed by atoms with Crippen LogP contribution in [0.2, 0.25) is 0 Å². The number of carbonyl (C=O) groups is 2. The normalized spacial score (nSPS) is 13.6. The molecule has 0 spiro atoms.